The number of hydrogen-bond donors (Lipinski definition) is 2. The van der Waals surface area contributed by atoms with Gasteiger partial charge in [0, 0.05) is 32.0 Å². The van der Waals surface area contributed by atoms with E-state index in [4.69, 9.17) is 4.74 Å². The van der Waals surface area contributed by atoms with E-state index in [2.05, 4.69) is 15.6 Å². The molecule has 1 fully saturated rings. The van der Waals surface area contributed by atoms with Gasteiger partial charge in [-0.25, -0.2) is 0 Å². The SMILES string of the molecule is Cc1cnccc1CNC(=O)C1CNCCO1. The fraction of sp³-hybridized carbons (Fsp3) is 0.500. The van der Waals surface area contributed by atoms with E-state index in [1.807, 2.05) is 13.0 Å². The number of aryl methyl sites for hydroxylation is 1. The third-order valence-electron chi connectivity index (χ3n) is 2.81. The van der Waals surface area contributed by atoms with Crippen molar-refractivity contribution in [3.8, 4) is 0 Å². The Kier molecular flexibility index (Phi) is 4.06. The smallest absolute Gasteiger partial charge is 0.250 e. The van der Waals surface area contributed by atoms with Crippen molar-refractivity contribution in [2.24, 2.45) is 0 Å². The Balaban J connectivity index is 1.85. The molecule has 17 heavy (non-hydrogen) atoms. The molecule has 2 N–H and O–H groups in total. The fourth-order valence-electron chi connectivity index (χ4n) is 1.73. The summed E-state index contributed by atoms with van der Waals surface area (Å²) in [6.07, 6.45) is 3.15. The molecule has 0 aromatic carbocycles. The van der Waals surface area contributed by atoms with Crippen molar-refractivity contribution >= 4 is 5.91 Å². The number of pyridine rings is 1. The van der Waals surface area contributed by atoms with E-state index in [0.29, 0.717) is 19.7 Å². The van der Waals surface area contributed by atoms with E-state index in [0.717, 1.165) is 17.7 Å². The average Bonchev–Trinajstić information content (AvgIpc) is 2.38. The van der Waals surface area contributed by atoms with Gasteiger partial charge < -0.3 is 15.4 Å². The van der Waals surface area contributed by atoms with Crippen LogP contribution in [0.25, 0.3) is 0 Å². The summed E-state index contributed by atoms with van der Waals surface area (Å²) in [5, 5.41) is 6.01. The lowest BCUT2D eigenvalue weighted by Gasteiger charge is -2.22. The van der Waals surface area contributed by atoms with Crippen LogP contribution < -0.4 is 10.6 Å². The second-order valence-electron chi connectivity index (χ2n) is 4.08. The maximum absolute atomic E-state index is 11.8. The van der Waals surface area contributed by atoms with Gasteiger partial charge in [-0.2, -0.15) is 0 Å². The van der Waals surface area contributed by atoms with Crippen LogP contribution in [-0.4, -0.2) is 36.7 Å². The van der Waals surface area contributed by atoms with Crippen LogP contribution in [0.1, 0.15) is 11.1 Å². The monoisotopic (exact) mass is 235 g/mol. The summed E-state index contributed by atoms with van der Waals surface area (Å²) >= 11 is 0. The van der Waals surface area contributed by atoms with Gasteiger partial charge in [0.25, 0.3) is 5.91 Å². The summed E-state index contributed by atoms with van der Waals surface area (Å²) in [7, 11) is 0. The number of hydrogen-bond acceptors (Lipinski definition) is 4. The highest BCUT2D eigenvalue weighted by atomic mass is 16.5. The lowest BCUT2D eigenvalue weighted by atomic mass is 10.1. The van der Waals surface area contributed by atoms with Crippen LogP contribution in [0.15, 0.2) is 18.5 Å². The highest BCUT2D eigenvalue weighted by Gasteiger charge is 2.21. The molecular weight excluding hydrogens is 218 g/mol. The van der Waals surface area contributed by atoms with E-state index in [-0.39, 0.29) is 12.0 Å². The molecule has 92 valence electrons. The van der Waals surface area contributed by atoms with E-state index < -0.39 is 0 Å². The first-order valence-corrected chi connectivity index (χ1v) is 5.77. The number of morpholine rings is 1. The van der Waals surface area contributed by atoms with Crippen molar-refractivity contribution in [1.29, 1.82) is 0 Å². The maximum atomic E-state index is 11.8. The quantitative estimate of drug-likeness (QED) is 0.774. The summed E-state index contributed by atoms with van der Waals surface area (Å²) in [5.41, 5.74) is 2.16. The van der Waals surface area contributed by atoms with Gasteiger partial charge >= 0.3 is 0 Å². The molecule has 1 unspecified atom stereocenters. The largest absolute Gasteiger partial charge is 0.366 e. The van der Waals surface area contributed by atoms with Crippen LogP contribution in [0.2, 0.25) is 0 Å². The molecule has 5 heteroatoms. The van der Waals surface area contributed by atoms with Crippen molar-refractivity contribution in [2.75, 3.05) is 19.7 Å². The van der Waals surface area contributed by atoms with Gasteiger partial charge in [0.15, 0.2) is 0 Å². The Bertz CT molecular complexity index is 389. The molecule has 0 aliphatic carbocycles. The molecule has 1 saturated heterocycles. The minimum absolute atomic E-state index is 0.0617. The minimum Gasteiger partial charge on any atom is -0.366 e. The third kappa shape index (κ3) is 3.25. The molecule has 2 rings (SSSR count). The first-order chi connectivity index (χ1) is 8.27. The van der Waals surface area contributed by atoms with E-state index in [1.54, 1.807) is 12.4 Å². The highest BCUT2D eigenvalue weighted by Crippen LogP contribution is 2.04. The molecule has 0 radical (unpaired) electrons. The van der Waals surface area contributed by atoms with E-state index in [1.165, 1.54) is 0 Å². The maximum Gasteiger partial charge on any atom is 0.250 e. The predicted molar refractivity (Wildman–Crippen MR) is 63.4 cm³/mol. The molecule has 2 heterocycles. The number of carbonyl (C=O) groups excluding carboxylic acids is 1. The van der Waals surface area contributed by atoms with Crippen LogP contribution in [-0.2, 0) is 16.1 Å². The number of nitrogens with zero attached hydrogens (tertiary/aromatic N) is 1. The molecule has 1 aromatic rings. The summed E-state index contributed by atoms with van der Waals surface area (Å²) in [5.74, 6) is -0.0617. The van der Waals surface area contributed by atoms with Crippen LogP contribution in [0.5, 0.6) is 0 Å². The zero-order chi connectivity index (χ0) is 12.1. The van der Waals surface area contributed by atoms with Gasteiger partial charge in [0.2, 0.25) is 0 Å². The molecule has 1 atom stereocenters. The van der Waals surface area contributed by atoms with Crippen molar-refractivity contribution in [1.82, 2.24) is 15.6 Å². The normalized spacial score (nSPS) is 19.9. The predicted octanol–water partition coefficient (Wildman–Crippen LogP) is -0.00538. The molecule has 1 amide bonds. The zero-order valence-electron chi connectivity index (χ0n) is 9.90. The standard InChI is InChI=1S/C12H17N3O2/c1-9-6-13-3-2-10(9)7-15-12(16)11-8-14-4-5-17-11/h2-3,6,11,14H,4-5,7-8H2,1H3,(H,15,16). The first-order valence-electron chi connectivity index (χ1n) is 5.77. The van der Waals surface area contributed by atoms with Crippen LogP contribution in [0, 0.1) is 6.92 Å². The molecule has 5 nitrogen and oxygen atoms in total. The summed E-state index contributed by atoms with van der Waals surface area (Å²) in [6.45, 7) is 4.49. The zero-order valence-corrected chi connectivity index (χ0v) is 9.90. The second-order valence-corrected chi connectivity index (χ2v) is 4.08. The third-order valence-corrected chi connectivity index (χ3v) is 2.81. The second kappa shape index (κ2) is 5.75. The Morgan fingerprint density at radius 1 is 1.71 bits per heavy atom. The molecular formula is C12H17N3O2. The highest BCUT2D eigenvalue weighted by molar-refractivity contribution is 5.81. The minimum atomic E-state index is -0.370. The molecule has 1 aliphatic heterocycles. The van der Waals surface area contributed by atoms with Gasteiger partial charge in [-0.3, -0.25) is 9.78 Å². The summed E-state index contributed by atoms with van der Waals surface area (Å²) in [6, 6.07) is 1.91. The lowest BCUT2D eigenvalue weighted by molar-refractivity contribution is -0.134. The fourth-order valence-corrected chi connectivity index (χ4v) is 1.73. The van der Waals surface area contributed by atoms with Crippen molar-refractivity contribution < 1.29 is 9.53 Å². The van der Waals surface area contributed by atoms with Gasteiger partial charge in [-0.05, 0) is 24.1 Å². The number of aromatic nitrogens is 1. The number of amides is 1. The molecule has 1 aromatic heterocycles. The molecule has 1 aliphatic rings. The molecule has 0 bridgehead atoms. The van der Waals surface area contributed by atoms with Gasteiger partial charge in [-0.1, -0.05) is 0 Å². The van der Waals surface area contributed by atoms with Crippen LogP contribution >= 0.6 is 0 Å². The number of ether oxygens (including phenoxy) is 1. The number of rotatable bonds is 3. The topological polar surface area (TPSA) is 63.2 Å². The average molecular weight is 235 g/mol. The Labute approximate surface area is 101 Å². The molecule has 0 spiro atoms. The first kappa shape index (κ1) is 12.0. The van der Waals surface area contributed by atoms with Crippen molar-refractivity contribution in [2.45, 2.75) is 19.6 Å². The Morgan fingerprint density at radius 2 is 2.59 bits per heavy atom. The van der Waals surface area contributed by atoms with Gasteiger partial charge in [0.1, 0.15) is 6.10 Å². The van der Waals surface area contributed by atoms with Gasteiger partial charge in [0.05, 0.1) is 6.61 Å². The lowest BCUT2D eigenvalue weighted by Crippen LogP contribution is -2.47. The number of nitrogens with one attached hydrogen (secondary N) is 2. The Morgan fingerprint density at radius 3 is 3.29 bits per heavy atom. The van der Waals surface area contributed by atoms with Crippen molar-refractivity contribution in [3.63, 3.8) is 0 Å². The Hall–Kier alpha value is -1.46. The van der Waals surface area contributed by atoms with E-state index in [9.17, 15) is 4.79 Å². The summed E-state index contributed by atoms with van der Waals surface area (Å²) < 4.78 is 5.37. The number of carbonyl (C=O) groups is 1. The van der Waals surface area contributed by atoms with Gasteiger partial charge in [-0.15, -0.1) is 0 Å². The summed E-state index contributed by atoms with van der Waals surface area (Å²) in [4.78, 5) is 15.8. The van der Waals surface area contributed by atoms with Crippen molar-refractivity contribution in [3.05, 3.63) is 29.6 Å². The van der Waals surface area contributed by atoms with Crippen LogP contribution in [0.3, 0.4) is 0 Å². The molecule has 0 saturated carbocycles. The van der Waals surface area contributed by atoms with E-state index >= 15 is 0 Å². The van der Waals surface area contributed by atoms with Crippen LogP contribution in [0.4, 0.5) is 0 Å².